The van der Waals surface area contributed by atoms with Gasteiger partial charge in [0.2, 0.25) is 0 Å². The Morgan fingerprint density at radius 1 is 0.783 bits per heavy atom. The third kappa shape index (κ3) is 5.13. The van der Waals surface area contributed by atoms with Gasteiger partial charge in [-0.2, -0.15) is 0 Å². The van der Waals surface area contributed by atoms with Gasteiger partial charge in [-0.25, -0.2) is 0 Å². The Balaban J connectivity index is 0.000000238. The van der Waals surface area contributed by atoms with Gasteiger partial charge in [-0.1, -0.05) is 34.8 Å². The Kier molecular flexibility index (Phi) is 6.38. The second-order valence-corrected chi connectivity index (χ2v) is 5.13. The van der Waals surface area contributed by atoms with Crippen molar-refractivity contribution in [3.05, 3.63) is 65.6 Å². The molecule has 2 aromatic carbocycles. The van der Waals surface area contributed by atoms with Crippen molar-refractivity contribution < 1.29 is 20.1 Å². The molecule has 0 aliphatic rings. The summed E-state index contributed by atoms with van der Waals surface area (Å²) in [6, 6.07) is 5.29. The van der Waals surface area contributed by atoms with Crippen LogP contribution in [0, 0.1) is 20.2 Å². The van der Waals surface area contributed by atoms with Crippen molar-refractivity contribution in [2.45, 2.75) is 0 Å². The van der Waals surface area contributed by atoms with Gasteiger partial charge in [-0.3, -0.25) is 20.2 Å². The molecule has 8 nitrogen and oxygen atoms in total. The van der Waals surface area contributed by atoms with E-state index in [0.717, 1.165) is 12.1 Å². The first-order valence-electron chi connectivity index (χ1n) is 5.58. The summed E-state index contributed by atoms with van der Waals surface area (Å²) in [6.07, 6.45) is 0. The molecule has 0 atom stereocenters. The first-order valence-corrected chi connectivity index (χ1v) is 6.72. The van der Waals surface area contributed by atoms with Crippen molar-refractivity contribution in [1.82, 2.24) is 0 Å². The number of rotatable bonds is 2. The Morgan fingerprint density at radius 2 is 1.35 bits per heavy atom. The number of hydrogen-bond donors (Lipinski definition) is 2. The molecule has 0 aromatic heterocycles. The summed E-state index contributed by atoms with van der Waals surface area (Å²) >= 11 is 16.6. The molecule has 0 saturated carbocycles. The average molecular weight is 382 g/mol. The summed E-state index contributed by atoms with van der Waals surface area (Å²) in [5, 5.41) is 39.1. The van der Waals surface area contributed by atoms with E-state index in [0.29, 0.717) is 16.1 Å². The molecule has 0 amide bonds. The number of hydrogen-bond acceptors (Lipinski definition) is 6. The van der Waals surface area contributed by atoms with E-state index < -0.39 is 27.0 Å². The van der Waals surface area contributed by atoms with Crippen molar-refractivity contribution >= 4 is 46.2 Å². The van der Waals surface area contributed by atoms with Gasteiger partial charge in [0.1, 0.15) is 5.75 Å². The highest BCUT2D eigenvalue weighted by molar-refractivity contribution is 6.43. The first kappa shape index (κ1) is 18.8. The monoisotopic (exact) mass is 380 g/mol. The molecule has 0 unspecified atom stereocenters. The van der Waals surface area contributed by atoms with E-state index in [1.807, 2.05) is 0 Å². The fraction of sp³-hybridized carbons (Fsp3) is 0. The molecular formula is C12H7Cl3N2O6. The quantitative estimate of drug-likeness (QED) is 0.446. The number of benzene rings is 2. The molecule has 0 saturated heterocycles. The lowest BCUT2D eigenvalue weighted by Crippen LogP contribution is -1.92. The van der Waals surface area contributed by atoms with Crippen LogP contribution in [0.4, 0.5) is 11.4 Å². The number of nitro groups is 2. The third-order valence-electron chi connectivity index (χ3n) is 2.36. The van der Waals surface area contributed by atoms with E-state index in [2.05, 4.69) is 0 Å². The van der Waals surface area contributed by atoms with Crippen LogP contribution >= 0.6 is 34.8 Å². The van der Waals surface area contributed by atoms with Crippen LogP contribution in [0.1, 0.15) is 0 Å². The van der Waals surface area contributed by atoms with Gasteiger partial charge in [0.15, 0.2) is 5.75 Å². The van der Waals surface area contributed by atoms with E-state index in [1.54, 1.807) is 0 Å². The molecule has 23 heavy (non-hydrogen) atoms. The Morgan fingerprint density at radius 3 is 1.83 bits per heavy atom. The van der Waals surface area contributed by atoms with Gasteiger partial charge >= 0.3 is 5.69 Å². The van der Waals surface area contributed by atoms with Crippen LogP contribution in [0.15, 0.2) is 30.3 Å². The summed E-state index contributed by atoms with van der Waals surface area (Å²) in [4.78, 5) is 18.7. The number of phenols is 2. The highest BCUT2D eigenvalue weighted by Gasteiger charge is 2.18. The van der Waals surface area contributed by atoms with Crippen molar-refractivity contribution in [1.29, 1.82) is 0 Å². The van der Waals surface area contributed by atoms with E-state index in [-0.39, 0.29) is 10.8 Å². The molecule has 122 valence electrons. The van der Waals surface area contributed by atoms with Crippen LogP contribution in [0.5, 0.6) is 11.5 Å². The van der Waals surface area contributed by atoms with Gasteiger partial charge in [0.05, 0.1) is 31.0 Å². The van der Waals surface area contributed by atoms with Crippen molar-refractivity contribution in [3.63, 3.8) is 0 Å². The highest BCUT2D eigenvalue weighted by Crippen LogP contribution is 2.32. The molecule has 2 aromatic rings. The Hall–Kier alpha value is -2.29. The Bertz CT molecular complexity index is 718. The topological polar surface area (TPSA) is 127 Å². The maximum absolute atomic E-state index is 10.2. The van der Waals surface area contributed by atoms with Crippen molar-refractivity contribution in [2.75, 3.05) is 0 Å². The van der Waals surface area contributed by atoms with Crippen LogP contribution in [0.3, 0.4) is 0 Å². The van der Waals surface area contributed by atoms with Crippen LogP contribution < -0.4 is 0 Å². The molecular weight excluding hydrogens is 374 g/mol. The fourth-order valence-electron chi connectivity index (χ4n) is 1.28. The molecule has 2 rings (SSSR count). The number of nitrogens with zero attached hydrogens (tertiary/aromatic N) is 2. The molecule has 0 radical (unpaired) electrons. The van der Waals surface area contributed by atoms with E-state index in [1.165, 1.54) is 12.1 Å². The third-order valence-corrected chi connectivity index (χ3v) is 3.38. The highest BCUT2D eigenvalue weighted by atomic mass is 35.5. The molecule has 0 bridgehead atoms. The predicted molar refractivity (Wildman–Crippen MR) is 84.6 cm³/mol. The van der Waals surface area contributed by atoms with Gasteiger partial charge in [-0.15, -0.1) is 0 Å². The van der Waals surface area contributed by atoms with Crippen LogP contribution in [0.25, 0.3) is 0 Å². The number of nitro benzene ring substituents is 2. The minimum Gasteiger partial charge on any atom is -0.506 e. The summed E-state index contributed by atoms with van der Waals surface area (Å²) in [6.45, 7) is 0. The SMILES string of the molecule is O=[N+]([O-])c1ccc(O)c([N+](=O)[O-])c1.Oc1cc(Cl)c(Cl)cc1Cl. The molecule has 0 fully saturated rings. The second-order valence-electron chi connectivity index (χ2n) is 3.90. The van der Waals surface area contributed by atoms with Gasteiger partial charge in [-0.05, 0) is 12.1 Å². The normalized spacial score (nSPS) is 9.70. The summed E-state index contributed by atoms with van der Waals surface area (Å²) in [5.41, 5.74) is -1.10. The van der Waals surface area contributed by atoms with E-state index >= 15 is 0 Å². The largest absolute Gasteiger partial charge is 0.506 e. The maximum atomic E-state index is 10.2. The zero-order valence-corrected chi connectivity index (χ0v) is 13.2. The minimum atomic E-state index is -0.887. The van der Waals surface area contributed by atoms with E-state index in [9.17, 15) is 20.2 Å². The molecule has 0 spiro atoms. The maximum Gasteiger partial charge on any atom is 0.317 e. The lowest BCUT2D eigenvalue weighted by Gasteiger charge is -1.97. The molecule has 0 aliphatic heterocycles. The second kappa shape index (κ2) is 7.82. The van der Waals surface area contributed by atoms with Gasteiger partial charge < -0.3 is 10.2 Å². The average Bonchev–Trinajstić information content (AvgIpc) is 2.46. The van der Waals surface area contributed by atoms with Crippen LogP contribution in [0.2, 0.25) is 15.1 Å². The van der Waals surface area contributed by atoms with Crippen molar-refractivity contribution in [2.24, 2.45) is 0 Å². The summed E-state index contributed by atoms with van der Waals surface area (Å²) < 4.78 is 0. The number of phenolic OH excluding ortho intramolecular Hbond substituents is 2. The van der Waals surface area contributed by atoms with Crippen LogP contribution in [-0.2, 0) is 0 Å². The molecule has 0 aliphatic carbocycles. The summed E-state index contributed by atoms with van der Waals surface area (Å²) in [5.74, 6) is -0.647. The van der Waals surface area contributed by atoms with Crippen molar-refractivity contribution in [3.8, 4) is 11.5 Å². The lowest BCUT2D eigenvalue weighted by molar-refractivity contribution is -0.394. The molecule has 2 N–H and O–H groups in total. The number of halogens is 3. The smallest absolute Gasteiger partial charge is 0.317 e. The minimum absolute atomic E-state index is 0.0592. The van der Waals surface area contributed by atoms with Crippen LogP contribution in [-0.4, -0.2) is 20.1 Å². The van der Waals surface area contributed by atoms with Gasteiger partial charge in [0, 0.05) is 12.1 Å². The number of non-ortho nitro benzene ring substituents is 1. The lowest BCUT2D eigenvalue weighted by atomic mass is 10.2. The molecule has 0 heterocycles. The molecule has 11 heteroatoms. The zero-order chi connectivity index (χ0) is 17.7. The standard InChI is InChI=1S/C6H3Cl3O.C6H4N2O5/c7-3-1-5(9)6(10)2-4(3)8;9-6-2-1-4(7(10)11)3-5(6)8(12)13/h1-2,10H;1-3,9H. The first-order chi connectivity index (χ1) is 10.6. The predicted octanol–water partition coefficient (Wildman–Crippen LogP) is 4.56. The summed E-state index contributed by atoms with van der Waals surface area (Å²) in [7, 11) is 0. The van der Waals surface area contributed by atoms with Gasteiger partial charge in [0.25, 0.3) is 5.69 Å². The van der Waals surface area contributed by atoms with E-state index in [4.69, 9.17) is 45.0 Å². The fourth-order valence-corrected chi connectivity index (χ4v) is 1.82. The Labute approximate surface area is 143 Å². The zero-order valence-electron chi connectivity index (χ0n) is 10.9. The number of aromatic hydroxyl groups is 2.